The Morgan fingerprint density at radius 2 is 1.93 bits per heavy atom. The predicted molar refractivity (Wildman–Crippen MR) is 95.7 cm³/mol. The van der Waals surface area contributed by atoms with Crippen molar-refractivity contribution in [3.05, 3.63) is 60.1 Å². The third-order valence-electron chi connectivity index (χ3n) is 4.31. The Morgan fingerprint density at radius 1 is 1.18 bits per heavy atom. The molecule has 28 heavy (non-hydrogen) atoms. The number of imide groups is 1. The van der Waals surface area contributed by atoms with Gasteiger partial charge in [-0.3, -0.25) is 15.0 Å². The number of carbonyl (C=O) groups is 4. The zero-order chi connectivity index (χ0) is 20.1. The number of carbonyl (C=O) groups excluding carboxylic acids is 4. The molecule has 1 atom stereocenters. The lowest BCUT2D eigenvalue weighted by Gasteiger charge is -2.21. The van der Waals surface area contributed by atoms with Crippen LogP contribution in [0.1, 0.15) is 29.5 Å². The van der Waals surface area contributed by atoms with Gasteiger partial charge in [0.1, 0.15) is 5.54 Å². The molecule has 1 aromatic heterocycles. The van der Waals surface area contributed by atoms with Crippen LogP contribution in [0.15, 0.2) is 53.1 Å². The number of hydrogen-bond acceptors (Lipinski definition) is 6. The van der Waals surface area contributed by atoms with Crippen molar-refractivity contribution < 1.29 is 28.3 Å². The summed E-state index contributed by atoms with van der Waals surface area (Å²) in [6.07, 6.45) is 2.23. The maximum absolute atomic E-state index is 12.6. The molecule has 0 saturated carbocycles. The minimum absolute atomic E-state index is 0.0590. The van der Waals surface area contributed by atoms with Gasteiger partial charge in [-0.2, -0.15) is 5.01 Å². The average molecular weight is 385 g/mol. The van der Waals surface area contributed by atoms with Crippen LogP contribution in [0, 0.1) is 0 Å². The second-order valence-corrected chi connectivity index (χ2v) is 6.48. The number of rotatable bonds is 7. The lowest BCUT2D eigenvalue weighted by Crippen LogP contribution is -2.50. The van der Waals surface area contributed by atoms with Gasteiger partial charge in [-0.05, 0) is 37.5 Å². The molecule has 0 unspecified atom stereocenters. The molecule has 1 fully saturated rings. The maximum atomic E-state index is 12.6. The van der Waals surface area contributed by atoms with E-state index in [1.807, 2.05) is 30.3 Å². The van der Waals surface area contributed by atoms with Crippen LogP contribution in [0.25, 0.3) is 0 Å². The highest BCUT2D eigenvalue weighted by molar-refractivity contribution is 6.07. The molecule has 0 aliphatic carbocycles. The van der Waals surface area contributed by atoms with Gasteiger partial charge in [-0.15, -0.1) is 0 Å². The SMILES string of the molecule is C[C@@]1(CCc2ccccc2)NC(=O)N(NC(=O)COC(=O)c2ccco2)C1=O. The van der Waals surface area contributed by atoms with Crippen LogP contribution in [-0.2, 0) is 20.7 Å². The molecule has 1 aromatic carbocycles. The van der Waals surface area contributed by atoms with Crippen molar-refractivity contribution in [1.29, 1.82) is 0 Å². The summed E-state index contributed by atoms with van der Waals surface area (Å²) in [6, 6.07) is 11.7. The standard InChI is InChI=1S/C19H19N3O6/c1-19(10-9-13-6-3-2-4-7-13)17(25)22(18(26)20-19)21-15(23)12-28-16(24)14-8-5-11-27-14/h2-8,11H,9-10,12H2,1H3,(H,20,26)(H,21,23)/t19-/m0/s1. The Kier molecular flexibility index (Phi) is 5.44. The number of hydrogen-bond donors (Lipinski definition) is 2. The third-order valence-corrected chi connectivity index (χ3v) is 4.31. The molecule has 2 aromatic rings. The van der Waals surface area contributed by atoms with Crippen molar-refractivity contribution in [2.45, 2.75) is 25.3 Å². The quantitative estimate of drug-likeness (QED) is 0.550. The highest BCUT2D eigenvalue weighted by atomic mass is 16.5. The Morgan fingerprint density at radius 3 is 2.61 bits per heavy atom. The van der Waals surface area contributed by atoms with Crippen molar-refractivity contribution in [2.75, 3.05) is 6.61 Å². The fourth-order valence-corrected chi connectivity index (χ4v) is 2.75. The summed E-state index contributed by atoms with van der Waals surface area (Å²) in [5, 5.41) is 3.20. The van der Waals surface area contributed by atoms with Gasteiger partial charge in [0, 0.05) is 0 Å². The second kappa shape index (κ2) is 7.95. The Bertz CT molecular complexity index is 880. The number of nitrogens with one attached hydrogen (secondary N) is 2. The smallest absolute Gasteiger partial charge is 0.374 e. The number of nitrogens with zero attached hydrogens (tertiary/aromatic N) is 1. The molecule has 146 valence electrons. The van der Waals surface area contributed by atoms with Gasteiger partial charge in [0.05, 0.1) is 6.26 Å². The van der Waals surface area contributed by atoms with Crippen LogP contribution in [0.5, 0.6) is 0 Å². The van der Waals surface area contributed by atoms with Crippen LogP contribution < -0.4 is 10.7 Å². The molecule has 9 nitrogen and oxygen atoms in total. The number of aryl methyl sites for hydroxylation is 1. The predicted octanol–water partition coefficient (Wildman–Crippen LogP) is 1.41. The highest BCUT2D eigenvalue weighted by Crippen LogP contribution is 2.22. The average Bonchev–Trinajstić information content (AvgIpc) is 3.29. The van der Waals surface area contributed by atoms with E-state index in [-0.39, 0.29) is 5.76 Å². The van der Waals surface area contributed by atoms with Crippen LogP contribution in [0.4, 0.5) is 4.79 Å². The van der Waals surface area contributed by atoms with Gasteiger partial charge in [0.25, 0.3) is 11.8 Å². The summed E-state index contributed by atoms with van der Waals surface area (Å²) in [7, 11) is 0. The summed E-state index contributed by atoms with van der Waals surface area (Å²) in [5.41, 5.74) is 2.04. The summed E-state index contributed by atoms with van der Waals surface area (Å²) in [5.74, 6) is -2.30. The first-order chi connectivity index (χ1) is 13.4. The van der Waals surface area contributed by atoms with E-state index < -0.39 is 36.0 Å². The van der Waals surface area contributed by atoms with E-state index in [1.165, 1.54) is 18.4 Å². The topological polar surface area (TPSA) is 118 Å². The lowest BCUT2D eigenvalue weighted by molar-refractivity contribution is -0.140. The van der Waals surface area contributed by atoms with E-state index in [1.54, 1.807) is 6.92 Å². The van der Waals surface area contributed by atoms with Gasteiger partial charge >= 0.3 is 12.0 Å². The summed E-state index contributed by atoms with van der Waals surface area (Å²) in [4.78, 5) is 48.4. The van der Waals surface area contributed by atoms with Crippen LogP contribution in [0.3, 0.4) is 0 Å². The third kappa shape index (κ3) is 4.20. The fraction of sp³-hybridized carbons (Fsp3) is 0.263. The number of ether oxygens (including phenoxy) is 1. The van der Waals surface area contributed by atoms with E-state index in [4.69, 9.17) is 9.15 Å². The van der Waals surface area contributed by atoms with E-state index >= 15 is 0 Å². The van der Waals surface area contributed by atoms with Crippen LogP contribution in [0.2, 0.25) is 0 Å². The first kappa shape index (κ1) is 19.2. The summed E-state index contributed by atoms with van der Waals surface area (Å²) in [6.45, 7) is 0.927. The van der Waals surface area contributed by atoms with Crippen molar-refractivity contribution in [3.63, 3.8) is 0 Å². The Hall–Kier alpha value is -3.62. The molecule has 0 spiro atoms. The van der Waals surface area contributed by atoms with Crippen LogP contribution in [-0.4, -0.2) is 41.0 Å². The second-order valence-electron chi connectivity index (χ2n) is 6.48. The zero-order valence-electron chi connectivity index (χ0n) is 15.1. The van der Waals surface area contributed by atoms with Crippen molar-refractivity contribution in [1.82, 2.24) is 15.8 Å². The molecule has 1 aliphatic rings. The van der Waals surface area contributed by atoms with Gasteiger partial charge < -0.3 is 14.5 Å². The fourth-order valence-electron chi connectivity index (χ4n) is 2.75. The molecule has 2 heterocycles. The van der Waals surface area contributed by atoms with Gasteiger partial charge in [-0.1, -0.05) is 30.3 Å². The number of benzene rings is 1. The Balaban J connectivity index is 1.54. The van der Waals surface area contributed by atoms with Gasteiger partial charge in [-0.25, -0.2) is 9.59 Å². The molecular formula is C19H19N3O6. The molecule has 1 aliphatic heterocycles. The van der Waals surface area contributed by atoms with E-state index in [0.29, 0.717) is 17.9 Å². The van der Waals surface area contributed by atoms with E-state index in [9.17, 15) is 19.2 Å². The van der Waals surface area contributed by atoms with Crippen molar-refractivity contribution >= 4 is 23.8 Å². The minimum Gasteiger partial charge on any atom is -0.457 e. The first-order valence-corrected chi connectivity index (χ1v) is 8.60. The summed E-state index contributed by atoms with van der Waals surface area (Å²) >= 11 is 0. The summed E-state index contributed by atoms with van der Waals surface area (Å²) < 4.78 is 9.62. The monoisotopic (exact) mass is 385 g/mol. The molecule has 4 amide bonds. The Labute approximate surface area is 160 Å². The lowest BCUT2D eigenvalue weighted by atomic mass is 9.93. The molecule has 9 heteroatoms. The van der Waals surface area contributed by atoms with E-state index in [2.05, 4.69) is 10.7 Å². The van der Waals surface area contributed by atoms with E-state index in [0.717, 1.165) is 5.56 Å². The number of urea groups is 1. The van der Waals surface area contributed by atoms with Crippen molar-refractivity contribution in [3.8, 4) is 0 Å². The number of amides is 4. The molecule has 1 saturated heterocycles. The number of esters is 1. The van der Waals surface area contributed by atoms with Crippen LogP contribution >= 0.6 is 0 Å². The largest absolute Gasteiger partial charge is 0.457 e. The number of hydrazine groups is 1. The van der Waals surface area contributed by atoms with Gasteiger partial charge in [0.15, 0.2) is 6.61 Å². The molecule has 0 radical (unpaired) electrons. The molecule has 3 rings (SSSR count). The minimum atomic E-state index is -1.15. The first-order valence-electron chi connectivity index (χ1n) is 8.60. The number of furan rings is 1. The highest BCUT2D eigenvalue weighted by Gasteiger charge is 2.48. The normalized spacial score (nSPS) is 18.7. The molecular weight excluding hydrogens is 366 g/mol. The van der Waals surface area contributed by atoms with Gasteiger partial charge in [0.2, 0.25) is 5.76 Å². The molecule has 0 bridgehead atoms. The maximum Gasteiger partial charge on any atom is 0.374 e. The van der Waals surface area contributed by atoms with Crippen molar-refractivity contribution in [2.24, 2.45) is 0 Å². The zero-order valence-corrected chi connectivity index (χ0v) is 15.1. The molecule has 2 N–H and O–H groups in total.